The van der Waals surface area contributed by atoms with Crippen LogP contribution >= 0.6 is 46.3 Å². The van der Waals surface area contributed by atoms with Gasteiger partial charge in [0.05, 0.1) is 27.9 Å². The third-order valence-electron chi connectivity index (χ3n) is 7.91. The number of fused-ring (bicyclic) bond motifs is 2. The highest BCUT2D eigenvalue weighted by molar-refractivity contribution is 7.98. The van der Waals surface area contributed by atoms with Gasteiger partial charge < -0.3 is 9.30 Å². The van der Waals surface area contributed by atoms with Gasteiger partial charge in [0.1, 0.15) is 0 Å². The number of esters is 1. The van der Waals surface area contributed by atoms with E-state index in [9.17, 15) is 9.59 Å². The van der Waals surface area contributed by atoms with Crippen LogP contribution < -0.4 is 14.9 Å². The van der Waals surface area contributed by atoms with Gasteiger partial charge in [0.25, 0.3) is 5.56 Å². The number of hydrogen-bond donors (Lipinski definition) is 0. The van der Waals surface area contributed by atoms with Crippen LogP contribution in [0.5, 0.6) is 0 Å². The van der Waals surface area contributed by atoms with E-state index in [2.05, 4.69) is 16.7 Å². The molecule has 0 saturated carbocycles. The maximum atomic E-state index is 14.3. The molecule has 3 heterocycles. The highest BCUT2D eigenvalue weighted by atomic mass is 35.5. The second kappa shape index (κ2) is 12.7. The van der Waals surface area contributed by atoms with Gasteiger partial charge in [0.2, 0.25) is 0 Å². The molecule has 3 aromatic carbocycles. The Kier molecular flexibility index (Phi) is 8.85. The van der Waals surface area contributed by atoms with Crippen molar-refractivity contribution >= 4 is 69.2 Å². The van der Waals surface area contributed by atoms with Crippen molar-refractivity contribution in [2.24, 2.45) is 4.99 Å². The molecule has 0 amide bonds. The number of benzene rings is 3. The Labute approximate surface area is 279 Å². The second-order valence-electron chi connectivity index (χ2n) is 11.1. The fourth-order valence-corrected chi connectivity index (χ4v) is 7.66. The zero-order chi connectivity index (χ0) is 32.0. The number of thioether (sulfide) groups is 1. The van der Waals surface area contributed by atoms with Crippen LogP contribution in [-0.4, -0.2) is 27.5 Å². The molecule has 1 aliphatic rings. The maximum Gasteiger partial charge on any atom is 0.338 e. The molecule has 0 saturated heterocycles. The lowest BCUT2D eigenvalue weighted by atomic mass is 9.96. The van der Waals surface area contributed by atoms with Crippen molar-refractivity contribution in [2.75, 3.05) is 6.26 Å². The van der Waals surface area contributed by atoms with E-state index in [0.29, 0.717) is 37.2 Å². The van der Waals surface area contributed by atoms with Gasteiger partial charge in [-0.05, 0) is 81.5 Å². The highest BCUT2D eigenvalue weighted by Gasteiger charge is 2.34. The Morgan fingerprint density at radius 3 is 2.51 bits per heavy atom. The molecule has 0 N–H and O–H groups in total. The average Bonchev–Trinajstić information content (AvgIpc) is 3.45. The molecule has 6 nitrogen and oxygen atoms in total. The van der Waals surface area contributed by atoms with Crippen molar-refractivity contribution in [1.29, 1.82) is 0 Å². The van der Waals surface area contributed by atoms with E-state index < -0.39 is 12.0 Å². The summed E-state index contributed by atoms with van der Waals surface area (Å²) in [4.78, 5) is 34.1. The van der Waals surface area contributed by atoms with Gasteiger partial charge in [-0.15, -0.1) is 11.8 Å². The van der Waals surface area contributed by atoms with Crippen molar-refractivity contribution in [3.63, 3.8) is 0 Å². The number of thiazole rings is 1. The molecule has 5 aromatic rings. The largest absolute Gasteiger partial charge is 0.459 e. The molecule has 1 aliphatic heterocycles. The number of hydrogen-bond acceptors (Lipinski definition) is 6. The van der Waals surface area contributed by atoms with Gasteiger partial charge in [-0.3, -0.25) is 9.36 Å². The second-order valence-corrected chi connectivity index (χ2v) is 13.9. The molecule has 0 fully saturated rings. The molecule has 45 heavy (non-hydrogen) atoms. The Bertz CT molecular complexity index is 2180. The molecule has 1 atom stereocenters. The molecule has 230 valence electrons. The average molecular weight is 677 g/mol. The van der Waals surface area contributed by atoms with Crippen molar-refractivity contribution in [2.45, 2.75) is 51.3 Å². The maximum absolute atomic E-state index is 14.3. The third kappa shape index (κ3) is 5.92. The van der Waals surface area contributed by atoms with Crippen LogP contribution in [0.4, 0.5) is 0 Å². The lowest BCUT2D eigenvalue weighted by Gasteiger charge is -2.25. The number of ether oxygens (including phenoxy) is 1. The zero-order valence-electron chi connectivity index (χ0n) is 25.4. The topological polar surface area (TPSA) is 65.6 Å². The molecular formula is C35H31Cl2N3O3S2. The normalized spacial score (nSPS) is 15.1. The minimum Gasteiger partial charge on any atom is -0.459 e. The summed E-state index contributed by atoms with van der Waals surface area (Å²) in [6.07, 6.45) is 3.64. The van der Waals surface area contributed by atoms with E-state index in [1.807, 2.05) is 81.6 Å². The monoisotopic (exact) mass is 675 g/mol. The van der Waals surface area contributed by atoms with Gasteiger partial charge in [0, 0.05) is 43.6 Å². The van der Waals surface area contributed by atoms with Gasteiger partial charge in [-0.1, -0.05) is 70.9 Å². The fourth-order valence-electron chi connectivity index (χ4n) is 5.76. The van der Waals surface area contributed by atoms with Crippen molar-refractivity contribution in [1.82, 2.24) is 9.13 Å². The Morgan fingerprint density at radius 1 is 1.09 bits per heavy atom. The van der Waals surface area contributed by atoms with Crippen molar-refractivity contribution < 1.29 is 9.53 Å². The molecule has 0 bridgehead atoms. The number of aromatic nitrogens is 2. The first-order valence-corrected chi connectivity index (χ1v) is 17.3. The van der Waals surface area contributed by atoms with Crippen LogP contribution in [0, 0.1) is 6.92 Å². The summed E-state index contributed by atoms with van der Waals surface area (Å²) in [5, 5.41) is 2.21. The van der Waals surface area contributed by atoms with Crippen LogP contribution in [0.15, 0.2) is 92.7 Å². The highest BCUT2D eigenvalue weighted by Crippen LogP contribution is 2.33. The molecule has 2 aromatic heterocycles. The zero-order valence-corrected chi connectivity index (χ0v) is 28.6. The minimum atomic E-state index is -0.667. The van der Waals surface area contributed by atoms with Crippen LogP contribution in [0.1, 0.15) is 49.2 Å². The summed E-state index contributed by atoms with van der Waals surface area (Å²) in [6.45, 7) is 8.02. The van der Waals surface area contributed by atoms with Crippen LogP contribution in [0.2, 0.25) is 10.0 Å². The lowest BCUT2D eigenvalue weighted by molar-refractivity contribution is -0.143. The van der Waals surface area contributed by atoms with E-state index in [4.69, 9.17) is 32.9 Å². The molecule has 6 rings (SSSR count). The van der Waals surface area contributed by atoms with Gasteiger partial charge in [-0.2, -0.15) is 0 Å². The summed E-state index contributed by atoms with van der Waals surface area (Å²) in [7, 11) is 0. The Morgan fingerprint density at radius 2 is 1.82 bits per heavy atom. The summed E-state index contributed by atoms with van der Waals surface area (Å²) >= 11 is 15.7. The van der Waals surface area contributed by atoms with E-state index in [-0.39, 0.29) is 11.7 Å². The van der Waals surface area contributed by atoms with E-state index in [1.54, 1.807) is 29.3 Å². The molecule has 10 heteroatoms. The molecule has 0 radical (unpaired) electrons. The molecule has 0 spiro atoms. The third-order valence-corrected chi connectivity index (χ3v) is 10.2. The lowest BCUT2D eigenvalue weighted by Crippen LogP contribution is -2.40. The number of rotatable bonds is 7. The van der Waals surface area contributed by atoms with Crippen LogP contribution in [0.3, 0.4) is 0 Å². The van der Waals surface area contributed by atoms with Crippen molar-refractivity contribution in [3.05, 3.63) is 130 Å². The fraction of sp³-hybridized carbons (Fsp3) is 0.229. The first kappa shape index (κ1) is 31.4. The number of allylic oxidation sites excluding steroid dienone is 1. The number of nitrogens with zero attached hydrogens (tertiary/aromatic N) is 3. The van der Waals surface area contributed by atoms with Crippen LogP contribution in [-0.2, 0) is 16.1 Å². The van der Waals surface area contributed by atoms with Crippen LogP contribution in [0.25, 0.3) is 17.0 Å². The summed E-state index contributed by atoms with van der Waals surface area (Å²) in [5.74, 6) is -0.473. The van der Waals surface area contributed by atoms with Crippen molar-refractivity contribution in [3.8, 4) is 0 Å². The minimum absolute atomic E-state index is 0.211. The Hall–Kier alpha value is -3.56. The summed E-state index contributed by atoms with van der Waals surface area (Å²) in [5.41, 5.74) is 5.43. The van der Waals surface area contributed by atoms with E-state index >= 15 is 0 Å². The molecule has 0 unspecified atom stereocenters. The first-order valence-electron chi connectivity index (χ1n) is 14.5. The van der Waals surface area contributed by atoms with E-state index in [0.717, 1.165) is 38.2 Å². The summed E-state index contributed by atoms with van der Waals surface area (Å²) in [6, 6.07) is 20.9. The number of carbonyl (C=O) groups is 1. The molecule has 0 aliphatic carbocycles. The SMILES string of the molecule is CSc1ccc([C@@H]2C(C(=O)OC(C)C)=C(C)N=c3s/c(=C\c4c(C)n(Cc5ccc(Cl)cc5Cl)c5ccccc45)c(=O)n32)cc1. The predicted molar refractivity (Wildman–Crippen MR) is 185 cm³/mol. The smallest absolute Gasteiger partial charge is 0.338 e. The standard InChI is InChI=1S/C35H31Cl2N3O3S2/c1-19(2)43-34(42)31-20(3)38-35-40(32(31)22-11-14-25(44-5)15-12-22)33(41)30(45-35)17-27-21(4)39(29-9-7-6-8-26(27)29)18-23-10-13-24(36)16-28(23)37/h6-17,19,32H,18H2,1-5H3/b30-17-/t32-/m1/s1. The number of para-hydroxylation sites is 1. The number of halogens is 2. The van der Waals surface area contributed by atoms with Gasteiger partial charge in [0.15, 0.2) is 4.80 Å². The number of carbonyl (C=O) groups excluding carboxylic acids is 1. The quantitative estimate of drug-likeness (QED) is 0.132. The Balaban J connectivity index is 1.53. The first-order chi connectivity index (χ1) is 21.6. The van der Waals surface area contributed by atoms with E-state index in [1.165, 1.54) is 11.3 Å². The molecular weight excluding hydrogens is 645 g/mol. The van der Waals surface area contributed by atoms with Gasteiger partial charge >= 0.3 is 5.97 Å². The summed E-state index contributed by atoms with van der Waals surface area (Å²) < 4.78 is 10.0. The predicted octanol–water partition coefficient (Wildman–Crippen LogP) is 7.53. The van der Waals surface area contributed by atoms with Gasteiger partial charge in [-0.25, -0.2) is 9.79 Å².